The Balaban J connectivity index is -0.000000104. The number of halogens is 2. The van der Waals surface area contributed by atoms with Crippen LogP contribution in [0.1, 0.15) is 31.9 Å². The predicted octanol–water partition coefficient (Wildman–Crippen LogP) is -0.775. The average molecular weight is 391 g/mol. The van der Waals surface area contributed by atoms with Gasteiger partial charge in [0.2, 0.25) is 0 Å². The van der Waals surface area contributed by atoms with Crippen LogP contribution in [0.2, 0.25) is 0 Å². The molecule has 20 heavy (non-hydrogen) atoms. The van der Waals surface area contributed by atoms with Gasteiger partial charge in [-0.2, -0.15) is 35.4 Å². The molecule has 0 aliphatic carbocycles. The normalized spacial score (nSPS) is 8.20. The van der Waals surface area contributed by atoms with Gasteiger partial charge >= 0.3 is 26.2 Å². The van der Waals surface area contributed by atoms with Gasteiger partial charge in [0.05, 0.1) is 0 Å². The first-order valence-corrected chi connectivity index (χ1v) is 5.90. The van der Waals surface area contributed by atoms with Crippen molar-refractivity contribution in [1.29, 1.82) is 0 Å². The van der Waals surface area contributed by atoms with E-state index in [4.69, 9.17) is 0 Å². The first kappa shape index (κ1) is 28.1. The molecule has 0 unspecified atom stereocenters. The van der Waals surface area contributed by atoms with E-state index in [0.717, 1.165) is 0 Å². The summed E-state index contributed by atoms with van der Waals surface area (Å²) >= 11 is 0. The van der Waals surface area contributed by atoms with Crippen LogP contribution < -0.4 is 24.8 Å². The van der Waals surface area contributed by atoms with Crippen molar-refractivity contribution in [2.45, 2.75) is 33.1 Å². The zero-order valence-electron chi connectivity index (χ0n) is 12.8. The molecule has 0 fully saturated rings. The minimum Gasteiger partial charge on any atom is -1.00 e. The van der Waals surface area contributed by atoms with Crippen molar-refractivity contribution >= 4 is 0 Å². The molecule has 110 valence electrons. The van der Waals surface area contributed by atoms with Gasteiger partial charge in [0, 0.05) is 0 Å². The molecule has 0 saturated carbocycles. The molecule has 3 heteroatoms. The van der Waals surface area contributed by atoms with Crippen LogP contribution in [0.3, 0.4) is 0 Å². The van der Waals surface area contributed by atoms with Crippen molar-refractivity contribution in [2.75, 3.05) is 0 Å². The van der Waals surface area contributed by atoms with Crippen molar-refractivity contribution in [3.05, 3.63) is 72.8 Å². The van der Waals surface area contributed by atoms with Gasteiger partial charge in [-0.1, -0.05) is 33.1 Å². The van der Waals surface area contributed by atoms with Crippen LogP contribution in [0.15, 0.2) is 61.7 Å². The average Bonchev–Trinajstić information content (AvgIpc) is 2.92. The maximum Gasteiger partial charge on any atom is 4.00 e. The fourth-order valence-electron chi connectivity index (χ4n) is 1.34. The molecule has 0 N–H and O–H groups in total. The zero-order valence-corrected chi connectivity index (χ0v) is 16.8. The Morgan fingerprint density at radius 1 is 0.750 bits per heavy atom. The van der Waals surface area contributed by atoms with Crippen LogP contribution in [0.4, 0.5) is 0 Å². The topological polar surface area (TPSA) is 0 Å². The maximum absolute atomic E-state index is 3.00. The Bertz CT molecular complexity index is 370. The van der Waals surface area contributed by atoms with Gasteiger partial charge in [-0.3, -0.25) is 0 Å². The van der Waals surface area contributed by atoms with E-state index in [9.17, 15) is 0 Å². The second-order valence-corrected chi connectivity index (χ2v) is 4.89. The van der Waals surface area contributed by atoms with Crippen LogP contribution in [-0.4, -0.2) is 0 Å². The Hall–Kier alpha value is -0.0969. The van der Waals surface area contributed by atoms with E-state index < -0.39 is 0 Å². The number of hydrogen-bond acceptors (Lipinski definition) is 0. The van der Waals surface area contributed by atoms with Gasteiger partial charge < -0.3 is 24.8 Å². The zero-order chi connectivity index (χ0) is 13.3. The molecule has 2 aromatic carbocycles. The summed E-state index contributed by atoms with van der Waals surface area (Å²) in [5.74, 6) is 0. The van der Waals surface area contributed by atoms with Gasteiger partial charge in [-0.05, 0) is 0 Å². The maximum atomic E-state index is 3.00. The van der Waals surface area contributed by atoms with E-state index in [-0.39, 0.29) is 51.0 Å². The van der Waals surface area contributed by atoms with Crippen molar-refractivity contribution in [1.82, 2.24) is 0 Å². The van der Waals surface area contributed by atoms with Gasteiger partial charge in [-0.25, -0.2) is 24.3 Å². The molecule has 0 heterocycles. The standard InChI is InChI=1S/C9H13.C6H7.C2H4.2ClH.Zr/c1-9(2,3)8-6-4-5-7-8;1-6-4-2-3-5-6;1-2;;;/h4-7H,1-3H3;2-5H,1H3;1-2H2;2*1H;/q2*-1;;;;+4/p-2. The van der Waals surface area contributed by atoms with Crippen molar-refractivity contribution in [2.24, 2.45) is 0 Å². The molecular formula is C17H24Cl2Zr. The van der Waals surface area contributed by atoms with Gasteiger partial charge in [0.1, 0.15) is 0 Å². The summed E-state index contributed by atoms with van der Waals surface area (Å²) in [6.45, 7) is 14.8. The molecule has 2 aromatic rings. The molecule has 0 saturated heterocycles. The largest absolute Gasteiger partial charge is 4.00 e. The number of rotatable bonds is 0. The quantitative estimate of drug-likeness (QED) is 0.409. The fourth-order valence-corrected chi connectivity index (χ4v) is 1.34. The first-order chi connectivity index (χ1) is 8.00. The molecule has 0 amide bonds. The van der Waals surface area contributed by atoms with Gasteiger partial charge in [0.15, 0.2) is 0 Å². The molecule has 0 atom stereocenters. The van der Waals surface area contributed by atoms with Gasteiger partial charge in [0.25, 0.3) is 0 Å². The second kappa shape index (κ2) is 15.3. The predicted molar refractivity (Wildman–Crippen MR) is 78.8 cm³/mol. The molecule has 0 aliphatic heterocycles. The smallest absolute Gasteiger partial charge is 1.00 e. The molecule has 0 bridgehead atoms. The molecule has 0 spiro atoms. The summed E-state index contributed by atoms with van der Waals surface area (Å²) in [6.07, 6.45) is 0. The van der Waals surface area contributed by atoms with E-state index in [0.29, 0.717) is 5.41 Å². The first-order valence-electron chi connectivity index (χ1n) is 5.90. The van der Waals surface area contributed by atoms with Crippen molar-refractivity contribution in [3.63, 3.8) is 0 Å². The third-order valence-electron chi connectivity index (χ3n) is 2.36. The van der Waals surface area contributed by atoms with Crippen LogP contribution in [0.25, 0.3) is 0 Å². The summed E-state index contributed by atoms with van der Waals surface area (Å²) in [4.78, 5) is 0. The number of aryl methyl sites for hydroxylation is 1. The number of hydrogen-bond donors (Lipinski definition) is 0. The SMILES string of the molecule is C=C.CC(C)(C)[c-]1cccc1.C[c-]1cccc1.[Cl-].[Cl-].[Zr+4]. The van der Waals surface area contributed by atoms with E-state index in [1.165, 1.54) is 11.1 Å². The Morgan fingerprint density at radius 3 is 1.20 bits per heavy atom. The monoisotopic (exact) mass is 388 g/mol. The van der Waals surface area contributed by atoms with E-state index in [1.54, 1.807) is 0 Å². The Labute approximate surface area is 156 Å². The molecular weight excluding hydrogens is 366 g/mol. The van der Waals surface area contributed by atoms with Crippen LogP contribution in [0.5, 0.6) is 0 Å². The van der Waals surface area contributed by atoms with Crippen LogP contribution in [-0.2, 0) is 31.6 Å². The Morgan fingerprint density at radius 2 is 1.05 bits per heavy atom. The van der Waals surface area contributed by atoms with E-state index >= 15 is 0 Å². The van der Waals surface area contributed by atoms with Crippen LogP contribution in [0, 0.1) is 6.92 Å². The van der Waals surface area contributed by atoms with Crippen molar-refractivity contribution in [3.8, 4) is 0 Å². The third kappa shape index (κ3) is 12.9. The minimum atomic E-state index is 0. The van der Waals surface area contributed by atoms with E-state index in [2.05, 4.69) is 77.3 Å². The summed E-state index contributed by atoms with van der Waals surface area (Å²) in [6, 6.07) is 16.7. The van der Waals surface area contributed by atoms with E-state index in [1.807, 2.05) is 12.1 Å². The molecule has 0 nitrogen and oxygen atoms in total. The summed E-state index contributed by atoms with van der Waals surface area (Å²) in [5.41, 5.74) is 3.08. The summed E-state index contributed by atoms with van der Waals surface area (Å²) in [5, 5.41) is 0. The molecule has 0 aromatic heterocycles. The summed E-state index contributed by atoms with van der Waals surface area (Å²) < 4.78 is 0. The third-order valence-corrected chi connectivity index (χ3v) is 2.36. The Kier molecular flexibility index (Phi) is 21.5. The minimum absolute atomic E-state index is 0. The summed E-state index contributed by atoms with van der Waals surface area (Å²) in [7, 11) is 0. The molecule has 0 aliphatic rings. The second-order valence-electron chi connectivity index (χ2n) is 4.89. The fraction of sp³-hybridized carbons (Fsp3) is 0.294. The van der Waals surface area contributed by atoms with Crippen molar-refractivity contribution < 1.29 is 51.0 Å². The van der Waals surface area contributed by atoms with Crippen LogP contribution >= 0.6 is 0 Å². The molecule has 2 rings (SSSR count). The van der Waals surface area contributed by atoms with Gasteiger partial charge in [-0.15, -0.1) is 13.2 Å². The molecule has 0 radical (unpaired) electrons.